The van der Waals surface area contributed by atoms with Crippen molar-refractivity contribution in [2.75, 3.05) is 14.2 Å². The molecule has 1 aromatic heterocycles. The van der Waals surface area contributed by atoms with Gasteiger partial charge in [0.2, 0.25) is 5.88 Å². The van der Waals surface area contributed by atoms with E-state index in [1.807, 2.05) is 0 Å². The SMILES string of the molecule is COC(=O)c1ccc(OC)c(Oc2ccc([N+](=O)[O-])cn2)c1. The van der Waals surface area contributed by atoms with Crippen molar-refractivity contribution in [3.8, 4) is 17.4 Å². The summed E-state index contributed by atoms with van der Waals surface area (Å²) in [5.41, 5.74) is 0.128. The average molecular weight is 304 g/mol. The van der Waals surface area contributed by atoms with Crippen LogP contribution in [0.4, 0.5) is 5.69 Å². The van der Waals surface area contributed by atoms with Crippen LogP contribution in [0.2, 0.25) is 0 Å². The van der Waals surface area contributed by atoms with E-state index in [1.165, 1.54) is 38.5 Å². The van der Waals surface area contributed by atoms with Gasteiger partial charge in [-0.05, 0) is 18.2 Å². The Balaban J connectivity index is 2.30. The molecule has 2 rings (SSSR count). The molecule has 0 saturated heterocycles. The summed E-state index contributed by atoms with van der Waals surface area (Å²) in [6.45, 7) is 0. The minimum atomic E-state index is -0.560. The van der Waals surface area contributed by atoms with Crippen LogP contribution >= 0.6 is 0 Å². The Hall–Kier alpha value is -3.16. The normalized spacial score (nSPS) is 9.91. The van der Waals surface area contributed by atoms with Crippen molar-refractivity contribution in [3.05, 3.63) is 52.2 Å². The summed E-state index contributed by atoms with van der Waals surface area (Å²) in [7, 11) is 2.72. The summed E-state index contributed by atoms with van der Waals surface area (Å²) >= 11 is 0. The van der Waals surface area contributed by atoms with E-state index < -0.39 is 10.9 Å². The standard InChI is InChI=1S/C14H12N2O6/c1-20-11-5-3-9(14(17)21-2)7-12(11)22-13-6-4-10(8-15-13)16(18)19/h3-8H,1-2H3. The molecule has 8 heteroatoms. The lowest BCUT2D eigenvalue weighted by Gasteiger charge is -2.10. The predicted molar refractivity (Wildman–Crippen MR) is 75.3 cm³/mol. The molecule has 0 amide bonds. The summed E-state index contributed by atoms with van der Waals surface area (Å²) in [4.78, 5) is 25.4. The molecule has 0 N–H and O–H groups in total. The van der Waals surface area contributed by atoms with Gasteiger partial charge in [-0.1, -0.05) is 0 Å². The summed E-state index contributed by atoms with van der Waals surface area (Å²) in [6.07, 6.45) is 1.08. The van der Waals surface area contributed by atoms with Crippen molar-refractivity contribution < 1.29 is 23.9 Å². The molecule has 1 heterocycles. The van der Waals surface area contributed by atoms with Crippen LogP contribution in [0.3, 0.4) is 0 Å². The van der Waals surface area contributed by atoms with Crippen LogP contribution in [0, 0.1) is 10.1 Å². The molecule has 22 heavy (non-hydrogen) atoms. The van der Waals surface area contributed by atoms with Crippen LogP contribution in [-0.4, -0.2) is 30.1 Å². The summed E-state index contributed by atoms with van der Waals surface area (Å²) in [5, 5.41) is 10.6. The van der Waals surface area contributed by atoms with Gasteiger partial charge in [-0.2, -0.15) is 0 Å². The first-order valence-corrected chi connectivity index (χ1v) is 6.10. The van der Waals surface area contributed by atoms with E-state index in [-0.39, 0.29) is 22.9 Å². The predicted octanol–water partition coefficient (Wildman–Crippen LogP) is 2.58. The van der Waals surface area contributed by atoms with Gasteiger partial charge < -0.3 is 14.2 Å². The fourth-order valence-corrected chi connectivity index (χ4v) is 1.65. The van der Waals surface area contributed by atoms with Crippen LogP contribution in [0.25, 0.3) is 0 Å². The van der Waals surface area contributed by atoms with Crippen molar-refractivity contribution in [2.24, 2.45) is 0 Å². The van der Waals surface area contributed by atoms with Crippen molar-refractivity contribution >= 4 is 11.7 Å². The van der Waals surface area contributed by atoms with Gasteiger partial charge >= 0.3 is 5.97 Å². The molecule has 114 valence electrons. The number of aromatic nitrogens is 1. The first-order valence-electron chi connectivity index (χ1n) is 6.10. The van der Waals surface area contributed by atoms with Crippen LogP contribution in [0.5, 0.6) is 17.4 Å². The second kappa shape index (κ2) is 6.53. The molecular weight excluding hydrogens is 292 g/mol. The number of hydrogen-bond acceptors (Lipinski definition) is 7. The molecule has 0 spiro atoms. The lowest BCUT2D eigenvalue weighted by atomic mass is 10.2. The molecule has 0 saturated carbocycles. The number of nitrogens with zero attached hydrogens (tertiary/aromatic N) is 2. The van der Waals surface area contributed by atoms with Crippen LogP contribution in [0.15, 0.2) is 36.5 Å². The van der Waals surface area contributed by atoms with Crippen molar-refractivity contribution in [1.82, 2.24) is 4.98 Å². The molecule has 0 fully saturated rings. The number of rotatable bonds is 5. The number of carbonyl (C=O) groups is 1. The number of ether oxygens (including phenoxy) is 3. The molecule has 2 aromatic rings. The fraction of sp³-hybridized carbons (Fsp3) is 0.143. The maximum Gasteiger partial charge on any atom is 0.337 e. The van der Waals surface area contributed by atoms with Gasteiger partial charge in [0.1, 0.15) is 6.20 Å². The lowest BCUT2D eigenvalue weighted by molar-refractivity contribution is -0.385. The van der Waals surface area contributed by atoms with E-state index in [2.05, 4.69) is 9.72 Å². The Morgan fingerprint density at radius 1 is 1.18 bits per heavy atom. The molecule has 0 bridgehead atoms. The third-order valence-corrected chi connectivity index (χ3v) is 2.73. The Kier molecular flexibility index (Phi) is 4.52. The van der Waals surface area contributed by atoms with Gasteiger partial charge in [0.15, 0.2) is 11.5 Å². The molecule has 0 atom stereocenters. The highest BCUT2D eigenvalue weighted by Gasteiger charge is 2.13. The second-order valence-corrected chi connectivity index (χ2v) is 4.07. The van der Waals surface area contributed by atoms with E-state index in [9.17, 15) is 14.9 Å². The average Bonchev–Trinajstić information content (AvgIpc) is 2.54. The zero-order chi connectivity index (χ0) is 16.1. The highest BCUT2D eigenvalue weighted by atomic mass is 16.6. The third-order valence-electron chi connectivity index (χ3n) is 2.73. The van der Waals surface area contributed by atoms with E-state index >= 15 is 0 Å². The van der Waals surface area contributed by atoms with Gasteiger partial charge in [0, 0.05) is 12.1 Å². The Labute approximate surface area is 125 Å². The number of benzene rings is 1. The Bertz CT molecular complexity index is 699. The van der Waals surface area contributed by atoms with Crippen molar-refractivity contribution in [3.63, 3.8) is 0 Å². The molecule has 8 nitrogen and oxygen atoms in total. The first-order chi connectivity index (χ1) is 10.5. The quantitative estimate of drug-likeness (QED) is 0.475. The number of hydrogen-bond donors (Lipinski definition) is 0. The summed E-state index contributed by atoms with van der Waals surface area (Å²) < 4.78 is 15.3. The Morgan fingerprint density at radius 2 is 1.95 bits per heavy atom. The molecule has 0 radical (unpaired) electrons. The topological polar surface area (TPSA) is 101 Å². The third kappa shape index (κ3) is 3.29. The molecule has 0 aliphatic carbocycles. The molecule has 0 unspecified atom stereocenters. The summed E-state index contributed by atoms with van der Waals surface area (Å²) in [5.74, 6) is 0.231. The van der Waals surface area contributed by atoms with Crippen LogP contribution < -0.4 is 9.47 Å². The second-order valence-electron chi connectivity index (χ2n) is 4.07. The number of nitro groups is 1. The highest BCUT2D eigenvalue weighted by Crippen LogP contribution is 2.32. The fourth-order valence-electron chi connectivity index (χ4n) is 1.65. The largest absolute Gasteiger partial charge is 0.493 e. The Morgan fingerprint density at radius 3 is 2.50 bits per heavy atom. The first kappa shape index (κ1) is 15.2. The molecule has 1 aromatic carbocycles. The number of methoxy groups -OCH3 is 2. The van der Waals surface area contributed by atoms with Gasteiger partial charge in [-0.15, -0.1) is 0 Å². The molecular formula is C14H12N2O6. The van der Waals surface area contributed by atoms with Gasteiger partial charge in [-0.25, -0.2) is 9.78 Å². The minimum absolute atomic E-state index is 0.130. The minimum Gasteiger partial charge on any atom is -0.493 e. The van der Waals surface area contributed by atoms with E-state index in [0.717, 1.165) is 6.20 Å². The van der Waals surface area contributed by atoms with Crippen molar-refractivity contribution in [1.29, 1.82) is 0 Å². The number of pyridine rings is 1. The number of esters is 1. The van der Waals surface area contributed by atoms with Gasteiger partial charge in [-0.3, -0.25) is 10.1 Å². The number of carbonyl (C=O) groups excluding carboxylic acids is 1. The van der Waals surface area contributed by atoms with E-state index in [1.54, 1.807) is 6.07 Å². The van der Waals surface area contributed by atoms with E-state index in [0.29, 0.717) is 5.75 Å². The smallest absolute Gasteiger partial charge is 0.337 e. The maximum absolute atomic E-state index is 11.5. The zero-order valence-electron chi connectivity index (χ0n) is 11.8. The van der Waals surface area contributed by atoms with Gasteiger partial charge in [0.25, 0.3) is 5.69 Å². The monoisotopic (exact) mass is 304 g/mol. The van der Waals surface area contributed by atoms with Gasteiger partial charge in [0.05, 0.1) is 24.7 Å². The zero-order valence-corrected chi connectivity index (χ0v) is 11.8. The maximum atomic E-state index is 11.5. The van der Waals surface area contributed by atoms with E-state index in [4.69, 9.17) is 9.47 Å². The summed E-state index contributed by atoms with van der Waals surface area (Å²) in [6, 6.07) is 7.13. The van der Waals surface area contributed by atoms with Crippen LogP contribution in [-0.2, 0) is 4.74 Å². The van der Waals surface area contributed by atoms with Crippen LogP contribution in [0.1, 0.15) is 10.4 Å². The molecule has 0 aliphatic rings. The highest BCUT2D eigenvalue weighted by molar-refractivity contribution is 5.90. The molecule has 0 aliphatic heterocycles. The lowest BCUT2D eigenvalue weighted by Crippen LogP contribution is -2.02. The van der Waals surface area contributed by atoms with Crippen molar-refractivity contribution in [2.45, 2.75) is 0 Å².